The van der Waals surface area contributed by atoms with Crippen molar-refractivity contribution < 1.29 is 4.79 Å². The number of benzene rings is 1. The van der Waals surface area contributed by atoms with Crippen LogP contribution in [0.4, 0.5) is 0 Å². The molecule has 0 bridgehead atoms. The van der Waals surface area contributed by atoms with Gasteiger partial charge in [-0.2, -0.15) is 0 Å². The van der Waals surface area contributed by atoms with Gasteiger partial charge in [0.2, 0.25) is 5.91 Å². The molecular formula is C16H19N3O. The van der Waals surface area contributed by atoms with Crippen LogP contribution in [-0.2, 0) is 4.79 Å². The van der Waals surface area contributed by atoms with Gasteiger partial charge < -0.3 is 9.47 Å². The molecule has 0 saturated carbocycles. The van der Waals surface area contributed by atoms with Crippen LogP contribution in [0.15, 0.2) is 36.5 Å². The molecule has 0 spiro atoms. The fraction of sp³-hybridized carbons (Fsp3) is 0.375. The van der Waals surface area contributed by atoms with E-state index in [2.05, 4.69) is 28.6 Å². The molecule has 2 aromatic rings. The van der Waals surface area contributed by atoms with E-state index in [1.54, 1.807) is 0 Å². The number of aromatic nitrogens is 2. The minimum absolute atomic E-state index is 0.236. The maximum atomic E-state index is 11.7. The number of amides is 1. The normalized spacial score (nSPS) is 15.2. The molecule has 1 aliphatic heterocycles. The van der Waals surface area contributed by atoms with Gasteiger partial charge in [0.1, 0.15) is 5.82 Å². The molecule has 0 unspecified atom stereocenters. The first kappa shape index (κ1) is 12.9. The number of carbonyl (C=O) groups is 1. The Labute approximate surface area is 119 Å². The van der Waals surface area contributed by atoms with Gasteiger partial charge in [0.15, 0.2) is 0 Å². The Morgan fingerprint density at radius 1 is 1.30 bits per heavy atom. The molecule has 0 aliphatic carbocycles. The summed E-state index contributed by atoms with van der Waals surface area (Å²) >= 11 is 0. The lowest BCUT2D eigenvalue weighted by atomic mass is 10.1. The summed E-state index contributed by atoms with van der Waals surface area (Å²) < 4.78 is 2.26. The first-order valence-electron chi connectivity index (χ1n) is 7.07. The number of imidazole rings is 1. The minimum atomic E-state index is 0.236. The Bertz CT molecular complexity index is 612. The van der Waals surface area contributed by atoms with Crippen LogP contribution in [0.1, 0.15) is 25.1 Å². The van der Waals surface area contributed by atoms with E-state index in [1.807, 2.05) is 36.2 Å². The second kappa shape index (κ2) is 5.12. The van der Waals surface area contributed by atoms with Crippen LogP contribution < -0.4 is 0 Å². The summed E-state index contributed by atoms with van der Waals surface area (Å²) in [6.07, 6.45) is 2.49. The summed E-state index contributed by atoms with van der Waals surface area (Å²) in [6.45, 7) is 5.57. The van der Waals surface area contributed by atoms with Gasteiger partial charge in [-0.15, -0.1) is 0 Å². The molecule has 0 N–H and O–H groups in total. The highest BCUT2D eigenvalue weighted by Crippen LogP contribution is 2.29. The number of rotatable bonds is 3. The van der Waals surface area contributed by atoms with Gasteiger partial charge in [0, 0.05) is 37.0 Å². The monoisotopic (exact) mass is 269 g/mol. The van der Waals surface area contributed by atoms with Crippen molar-refractivity contribution in [1.82, 2.24) is 14.5 Å². The zero-order valence-corrected chi connectivity index (χ0v) is 11.9. The molecule has 0 radical (unpaired) electrons. The van der Waals surface area contributed by atoms with Crippen molar-refractivity contribution in [3.05, 3.63) is 42.2 Å². The molecule has 4 heteroatoms. The summed E-state index contributed by atoms with van der Waals surface area (Å²) in [5.74, 6) is 1.23. The lowest BCUT2D eigenvalue weighted by Crippen LogP contribution is -2.50. The average molecular weight is 269 g/mol. The van der Waals surface area contributed by atoms with Crippen molar-refractivity contribution in [3.8, 4) is 11.4 Å². The van der Waals surface area contributed by atoms with Crippen molar-refractivity contribution in [1.29, 1.82) is 0 Å². The molecule has 0 atom stereocenters. The van der Waals surface area contributed by atoms with E-state index in [0.29, 0.717) is 12.5 Å². The van der Waals surface area contributed by atoms with Crippen LogP contribution in [-0.4, -0.2) is 33.4 Å². The van der Waals surface area contributed by atoms with Gasteiger partial charge in [0.05, 0.1) is 6.04 Å². The quantitative estimate of drug-likeness (QED) is 0.859. The van der Waals surface area contributed by atoms with Gasteiger partial charge in [-0.1, -0.05) is 37.3 Å². The lowest BCUT2D eigenvalue weighted by Gasteiger charge is -2.41. The third kappa shape index (κ3) is 2.11. The smallest absolute Gasteiger partial charge is 0.222 e. The molecule has 104 valence electrons. The fourth-order valence-corrected chi connectivity index (χ4v) is 2.75. The van der Waals surface area contributed by atoms with Crippen LogP contribution in [0.25, 0.3) is 11.4 Å². The van der Waals surface area contributed by atoms with Crippen molar-refractivity contribution in [3.63, 3.8) is 0 Å². The summed E-state index contributed by atoms with van der Waals surface area (Å²) in [6, 6.07) is 10.6. The topological polar surface area (TPSA) is 38.1 Å². The highest BCUT2D eigenvalue weighted by molar-refractivity contribution is 5.76. The van der Waals surface area contributed by atoms with Crippen molar-refractivity contribution >= 4 is 5.91 Å². The van der Waals surface area contributed by atoms with Gasteiger partial charge in [0.25, 0.3) is 0 Å². The second-order valence-electron chi connectivity index (χ2n) is 5.27. The zero-order valence-electron chi connectivity index (χ0n) is 11.9. The molecule has 1 aliphatic rings. The molecular weight excluding hydrogens is 250 g/mol. The van der Waals surface area contributed by atoms with Gasteiger partial charge in [-0.25, -0.2) is 4.98 Å². The standard InChI is InChI=1S/C16H19N3O/c1-3-15(20)18-10-14(11-18)19-12(2)9-17-16(19)13-7-5-4-6-8-13/h4-9,14H,3,10-11H2,1-2H3. The van der Waals surface area contributed by atoms with E-state index in [9.17, 15) is 4.79 Å². The van der Waals surface area contributed by atoms with E-state index in [-0.39, 0.29) is 5.91 Å². The molecule has 1 amide bonds. The fourth-order valence-electron chi connectivity index (χ4n) is 2.75. The van der Waals surface area contributed by atoms with Crippen LogP contribution in [0, 0.1) is 6.92 Å². The maximum absolute atomic E-state index is 11.7. The van der Waals surface area contributed by atoms with Gasteiger partial charge in [-0.3, -0.25) is 4.79 Å². The largest absolute Gasteiger partial charge is 0.338 e. The minimum Gasteiger partial charge on any atom is -0.338 e. The Balaban J connectivity index is 1.85. The first-order chi connectivity index (χ1) is 9.70. The van der Waals surface area contributed by atoms with Gasteiger partial charge in [-0.05, 0) is 6.92 Å². The molecule has 20 heavy (non-hydrogen) atoms. The number of carbonyl (C=O) groups excluding carboxylic acids is 1. The lowest BCUT2D eigenvalue weighted by molar-refractivity contribution is -0.136. The maximum Gasteiger partial charge on any atom is 0.222 e. The van der Waals surface area contributed by atoms with Crippen molar-refractivity contribution in [2.24, 2.45) is 0 Å². The average Bonchev–Trinajstić information content (AvgIpc) is 2.80. The van der Waals surface area contributed by atoms with E-state index < -0.39 is 0 Å². The van der Waals surface area contributed by atoms with Crippen LogP contribution >= 0.6 is 0 Å². The predicted octanol–water partition coefficient (Wildman–Crippen LogP) is 2.65. The predicted molar refractivity (Wildman–Crippen MR) is 78.3 cm³/mol. The number of hydrogen-bond acceptors (Lipinski definition) is 2. The zero-order chi connectivity index (χ0) is 14.1. The van der Waals surface area contributed by atoms with E-state index in [0.717, 1.165) is 30.2 Å². The Hall–Kier alpha value is -2.10. The SMILES string of the molecule is CCC(=O)N1CC(n2c(C)cnc2-c2ccccc2)C1. The summed E-state index contributed by atoms with van der Waals surface area (Å²) in [4.78, 5) is 18.1. The number of nitrogens with zero attached hydrogens (tertiary/aromatic N) is 3. The molecule has 1 saturated heterocycles. The Kier molecular flexibility index (Phi) is 3.30. The highest BCUT2D eigenvalue weighted by Gasteiger charge is 2.33. The van der Waals surface area contributed by atoms with Crippen molar-refractivity contribution in [2.45, 2.75) is 26.3 Å². The van der Waals surface area contributed by atoms with Crippen LogP contribution in [0.2, 0.25) is 0 Å². The second-order valence-corrected chi connectivity index (χ2v) is 5.27. The Morgan fingerprint density at radius 3 is 2.65 bits per heavy atom. The summed E-state index contributed by atoms with van der Waals surface area (Å²) in [5.41, 5.74) is 2.28. The number of likely N-dealkylation sites (tertiary alicyclic amines) is 1. The van der Waals surface area contributed by atoms with Crippen LogP contribution in [0.3, 0.4) is 0 Å². The molecule has 2 heterocycles. The van der Waals surface area contributed by atoms with E-state index >= 15 is 0 Å². The Morgan fingerprint density at radius 2 is 2.00 bits per heavy atom. The number of aryl methyl sites for hydroxylation is 1. The number of hydrogen-bond donors (Lipinski definition) is 0. The third-order valence-electron chi connectivity index (χ3n) is 3.90. The highest BCUT2D eigenvalue weighted by atomic mass is 16.2. The summed E-state index contributed by atoms with van der Waals surface area (Å²) in [5, 5.41) is 0. The first-order valence-corrected chi connectivity index (χ1v) is 7.07. The van der Waals surface area contributed by atoms with Crippen LogP contribution in [0.5, 0.6) is 0 Å². The molecule has 3 rings (SSSR count). The summed E-state index contributed by atoms with van der Waals surface area (Å²) in [7, 11) is 0. The molecule has 1 fully saturated rings. The van der Waals surface area contributed by atoms with Gasteiger partial charge >= 0.3 is 0 Å². The van der Waals surface area contributed by atoms with Crippen molar-refractivity contribution in [2.75, 3.05) is 13.1 Å². The third-order valence-corrected chi connectivity index (χ3v) is 3.90. The molecule has 1 aromatic heterocycles. The molecule has 4 nitrogen and oxygen atoms in total. The van der Waals surface area contributed by atoms with E-state index in [4.69, 9.17) is 0 Å². The molecule has 1 aromatic carbocycles. The van der Waals surface area contributed by atoms with E-state index in [1.165, 1.54) is 0 Å².